The Bertz CT molecular complexity index is 847. The van der Waals surface area contributed by atoms with Crippen molar-refractivity contribution in [1.29, 1.82) is 0 Å². The van der Waals surface area contributed by atoms with Crippen molar-refractivity contribution in [3.05, 3.63) is 42.1 Å². The predicted octanol–water partition coefficient (Wildman–Crippen LogP) is 2.06. The fourth-order valence-corrected chi connectivity index (χ4v) is 6.10. The van der Waals surface area contributed by atoms with Gasteiger partial charge in [-0.05, 0) is 42.7 Å². The molecule has 1 aromatic heterocycles. The van der Waals surface area contributed by atoms with Crippen LogP contribution in [-0.4, -0.2) is 31.2 Å². The van der Waals surface area contributed by atoms with Gasteiger partial charge in [-0.1, -0.05) is 24.3 Å². The van der Waals surface area contributed by atoms with Crippen molar-refractivity contribution in [1.82, 2.24) is 9.71 Å². The number of aromatic nitrogens is 1. The summed E-state index contributed by atoms with van der Waals surface area (Å²) in [5.74, 6) is 0.816. The van der Waals surface area contributed by atoms with Crippen molar-refractivity contribution in [3.63, 3.8) is 0 Å². The molecule has 24 heavy (non-hydrogen) atoms. The van der Waals surface area contributed by atoms with Crippen LogP contribution in [0.15, 0.2) is 36.5 Å². The molecule has 4 rings (SSSR count). The molecule has 0 spiro atoms. The van der Waals surface area contributed by atoms with Gasteiger partial charge in [-0.25, -0.2) is 13.1 Å². The monoisotopic (exact) mass is 346 g/mol. The Morgan fingerprint density at radius 1 is 1.17 bits per heavy atom. The van der Waals surface area contributed by atoms with Crippen molar-refractivity contribution in [2.24, 2.45) is 17.8 Å². The molecule has 4 atom stereocenters. The van der Waals surface area contributed by atoms with Crippen LogP contribution in [0.5, 0.6) is 0 Å². The number of benzene rings is 1. The van der Waals surface area contributed by atoms with Crippen LogP contribution in [0.3, 0.4) is 0 Å². The molecule has 2 aromatic rings. The number of nitrogens with one attached hydrogen (secondary N) is 1. The number of sulfonamides is 1. The van der Waals surface area contributed by atoms with Crippen molar-refractivity contribution in [2.75, 3.05) is 6.61 Å². The van der Waals surface area contributed by atoms with E-state index in [4.69, 9.17) is 0 Å². The highest BCUT2D eigenvalue weighted by molar-refractivity contribution is 7.88. The van der Waals surface area contributed by atoms with Crippen LogP contribution >= 0.6 is 0 Å². The normalized spacial score (nSPS) is 29.4. The molecule has 1 aromatic carbocycles. The molecule has 0 radical (unpaired) electrons. The second-order valence-electron chi connectivity index (χ2n) is 7.07. The maximum Gasteiger partial charge on any atom is 0.216 e. The molecule has 2 aliphatic rings. The molecule has 5 nitrogen and oxygen atoms in total. The molecule has 128 valence electrons. The number of rotatable bonds is 5. The fourth-order valence-electron chi connectivity index (χ4n) is 4.59. The molecule has 2 bridgehead atoms. The maximum atomic E-state index is 12.7. The quantitative estimate of drug-likeness (QED) is 0.868. The van der Waals surface area contributed by atoms with Gasteiger partial charge < -0.3 is 5.11 Å². The summed E-state index contributed by atoms with van der Waals surface area (Å²) in [5, 5.41) is 10.6. The number of aliphatic hydroxyl groups excluding tert-OH is 1. The summed E-state index contributed by atoms with van der Waals surface area (Å²) in [5.41, 5.74) is 1.45. The van der Waals surface area contributed by atoms with E-state index in [2.05, 4.69) is 9.71 Å². The first kappa shape index (κ1) is 16.0. The summed E-state index contributed by atoms with van der Waals surface area (Å²) in [4.78, 5) is 4.33. The van der Waals surface area contributed by atoms with E-state index < -0.39 is 10.0 Å². The lowest BCUT2D eigenvalue weighted by atomic mass is 9.86. The Balaban J connectivity index is 1.57. The average Bonchev–Trinajstić information content (AvgIpc) is 3.16. The van der Waals surface area contributed by atoms with Crippen LogP contribution in [0.2, 0.25) is 0 Å². The lowest BCUT2D eigenvalue weighted by Crippen LogP contribution is -2.45. The molecular formula is C18H22N2O3S. The Labute approximate surface area is 142 Å². The number of fused-ring (bicyclic) bond motifs is 3. The summed E-state index contributed by atoms with van der Waals surface area (Å²) in [6, 6.07) is 9.27. The molecule has 6 heteroatoms. The van der Waals surface area contributed by atoms with Gasteiger partial charge in [-0.2, -0.15) is 0 Å². The number of para-hydroxylation sites is 1. The van der Waals surface area contributed by atoms with E-state index in [1.807, 2.05) is 30.3 Å². The zero-order valence-electron chi connectivity index (χ0n) is 13.4. The van der Waals surface area contributed by atoms with Crippen molar-refractivity contribution < 1.29 is 13.5 Å². The van der Waals surface area contributed by atoms with Gasteiger partial charge in [0.25, 0.3) is 0 Å². The fraction of sp³-hybridized carbons (Fsp3) is 0.500. The first-order valence-corrected chi connectivity index (χ1v) is 10.2. The standard InChI is InChI=1S/C18H22N2O3S/c21-10-16-13-6-7-14(9-13)18(16)20-24(22,23)11-15-4-1-3-12-5-2-8-19-17(12)15/h1-5,8,13-14,16,18,20-21H,6-7,9-11H2. The van der Waals surface area contributed by atoms with Gasteiger partial charge in [0.05, 0.1) is 11.3 Å². The van der Waals surface area contributed by atoms with E-state index in [-0.39, 0.29) is 24.3 Å². The summed E-state index contributed by atoms with van der Waals surface area (Å²) < 4.78 is 28.3. The number of pyridine rings is 1. The highest BCUT2D eigenvalue weighted by Crippen LogP contribution is 2.48. The minimum absolute atomic E-state index is 0.0594. The largest absolute Gasteiger partial charge is 0.396 e. The number of hydrogen-bond donors (Lipinski definition) is 2. The van der Waals surface area contributed by atoms with Gasteiger partial charge in [0.15, 0.2) is 0 Å². The molecule has 2 fully saturated rings. The Kier molecular flexibility index (Phi) is 4.06. The van der Waals surface area contributed by atoms with Crippen LogP contribution in [0.1, 0.15) is 24.8 Å². The first-order valence-electron chi connectivity index (χ1n) is 8.51. The maximum absolute atomic E-state index is 12.7. The van der Waals surface area contributed by atoms with Gasteiger partial charge >= 0.3 is 0 Å². The topological polar surface area (TPSA) is 79.3 Å². The minimum Gasteiger partial charge on any atom is -0.396 e. The van der Waals surface area contributed by atoms with Gasteiger partial charge in [0.2, 0.25) is 10.0 Å². The lowest BCUT2D eigenvalue weighted by Gasteiger charge is -2.30. The summed E-state index contributed by atoms with van der Waals surface area (Å²) in [6.07, 6.45) is 4.89. The summed E-state index contributed by atoms with van der Waals surface area (Å²) in [7, 11) is -3.48. The van der Waals surface area contributed by atoms with E-state index in [1.54, 1.807) is 6.20 Å². The molecule has 2 saturated carbocycles. The SMILES string of the molecule is O=S(=O)(Cc1cccc2cccnc12)NC1C2CCC(C2)C1CO. The third-order valence-electron chi connectivity index (χ3n) is 5.68. The molecule has 0 aliphatic heterocycles. The van der Waals surface area contributed by atoms with Gasteiger partial charge in [-0.3, -0.25) is 4.98 Å². The van der Waals surface area contributed by atoms with E-state index in [0.717, 1.165) is 30.2 Å². The van der Waals surface area contributed by atoms with Crippen LogP contribution in [0, 0.1) is 17.8 Å². The highest BCUT2D eigenvalue weighted by atomic mass is 32.2. The smallest absolute Gasteiger partial charge is 0.216 e. The summed E-state index contributed by atoms with van der Waals surface area (Å²) >= 11 is 0. The van der Waals surface area contributed by atoms with Gasteiger partial charge in [0.1, 0.15) is 0 Å². The van der Waals surface area contributed by atoms with Crippen LogP contribution in [-0.2, 0) is 15.8 Å². The molecular weight excluding hydrogens is 324 g/mol. The van der Waals surface area contributed by atoms with E-state index >= 15 is 0 Å². The van der Waals surface area contributed by atoms with E-state index in [1.165, 1.54) is 0 Å². The Morgan fingerprint density at radius 3 is 2.79 bits per heavy atom. The molecule has 4 unspecified atom stereocenters. The molecule has 2 N–H and O–H groups in total. The Hall–Kier alpha value is -1.50. The van der Waals surface area contributed by atoms with Gasteiger partial charge in [0, 0.05) is 30.1 Å². The molecule has 2 aliphatic carbocycles. The van der Waals surface area contributed by atoms with Crippen molar-refractivity contribution in [2.45, 2.75) is 31.1 Å². The number of nitrogens with zero attached hydrogens (tertiary/aromatic N) is 1. The predicted molar refractivity (Wildman–Crippen MR) is 92.7 cm³/mol. The third-order valence-corrected chi connectivity index (χ3v) is 7.00. The van der Waals surface area contributed by atoms with Crippen LogP contribution in [0.25, 0.3) is 10.9 Å². The summed E-state index contributed by atoms with van der Waals surface area (Å²) in [6.45, 7) is 0.0597. The lowest BCUT2D eigenvalue weighted by molar-refractivity contribution is 0.153. The van der Waals surface area contributed by atoms with E-state index in [9.17, 15) is 13.5 Å². The third kappa shape index (κ3) is 2.83. The molecule has 0 amide bonds. The van der Waals surface area contributed by atoms with Gasteiger partial charge in [-0.15, -0.1) is 0 Å². The van der Waals surface area contributed by atoms with Crippen molar-refractivity contribution >= 4 is 20.9 Å². The molecule has 0 saturated heterocycles. The second kappa shape index (κ2) is 6.10. The second-order valence-corrected chi connectivity index (χ2v) is 8.83. The van der Waals surface area contributed by atoms with Crippen molar-refractivity contribution in [3.8, 4) is 0 Å². The van der Waals surface area contributed by atoms with E-state index in [0.29, 0.717) is 17.4 Å². The number of hydrogen-bond acceptors (Lipinski definition) is 4. The highest BCUT2D eigenvalue weighted by Gasteiger charge is 2.48. The minimum atomic E-state index is -3.48. The first-order chi connectivity index (χ1) is 11.6. The zero-order chi connectivity index (χ0) is 16.7. The average molecular weight is 346 g/mol. The number of aliphatic hydroxyl groups is 1. The van der Waals surface area contributed by atoms with Crippen LogP contribution in [0.4, 0.5) is 0 Å². The molecule has 1 heterocycles. The van der Waals surface area contributed by atoms with Crippen LogP contribution < -0.4 is 4.72 Å². The Morgan fingerprint density at radius 2 is 1.96 bits per heavy atom. The zero-order valence-corrected chi connectivity index (χ0v) is 14.2.